The molecule has 2 N–H and O–H groups in total. The third-order valence-corrected chi connectivity index (χ3v) is 4.80. The Balaban J connectivity index is 1.44. The number of methoxy groups -OCH3 is 2. The monoisotopic (exact) mass is 356 g/mol. The first-order valence-electron chi connectivity index (χ1n) is 8.51. The lowest BCUT2D eigenvalue weighted by Gasteiger charge is -2.16. The minimum atomic E-state index is 0.387. The van der Waals surface area contributed by atoms with E-state index in [4.69, 9.17) is 21.7 Å². The van der Waals surface area contributed by atoms with Crippen LogP contribution < -0.4 is 20.1 Å². The van der Waals surface area contributed by atoms with E-state index >= 15 is 0 Å². The van der Waals surface area contributed by atoms with Crippen LogP contribution in [0.1, 0.15) is 16.7 Å². The van der Waals surface area contributed by atoms with Crippen LogP contribution in [0.2, 0.25) is 0 Å². The van der Waals surface area contributed by atoms with Crippen molar-refractivity contribution in [1.82, 2.24) is 10.6 Å². The van der Waals surface area contributed by atoms with E-state index in [1.54, 1.807) is 14.2 Å². The summed E-state index contributed by atoms with van der Waals surface area (Å²) in [4.78, 5) is 0. The highest BCUT2D eigenvalue weighted by Crippen LogP contribution is 2.27. The van der Waals surface area contributed by atoms with Crippen molar-refractivity contribution in [3.05, 3.63) is 59.2 Å². The van der Waals surface area contributed by atoms with Gasteiger partial charge in [-0.05, 0) is 60.3 Å². The number of nitrogens with one attached hydrogen (secondary N) is 2. The van der Waals surface area contributed by atoms with Crippen LogP contribution in [0.3, 0.4) is 0 Å². The number of benzene rings is 2. The van der Waals surface area contributed by atoms with Crippen LogP contribution in [-0.4, -0.2) is 31.9 Å². The Labute approximate surface area is 154 Å². The van der Waals surface area contributed by atoms with Crippen molar-refractivity contribution >= 4 is 17.3 Å². The van der Waals surface area contributed by atoms with E-state index in [1.807, 2.05) is 18.2 Å². The van der Waals surface area contributed by atoms with Crippen molar-refractivity contribution in [2.45, 2.75) is 25.3 Å². The van der Waals surface area contributed by atoms with Crippen LogP contribution in [-0.2, 0) is 19.3 Å². The van der Waals surface area contributed by atoms with Gasteiger partial charge >= 0.3 is 0 Å². The Morgan fingerprint density at radius 2 is 1.72 bits per heavy atom. The van der Waals surface area contributed by atoms with E-state index < -0.39 is 0 Å². The summed E-state index contributed by atoms with van der Waals surface area (Å²) < 4.78 is 10.6. The van der Waals surface area contributed by atoms with Crippen molar-refractivity contribution < 1.29 is 9.47 Å². The highest BCUT2D eigenvalue weighted by atomic mass is 32.1. The Morgan fingerprint density at radius 3 is 2.36 bits per heavy atom. The molecule has 0 saturated heterocycles. The van der Waals surface area contributed by atoms with Gasteiger partial charge in [0.1, 0.15) is 0 Å². The van der Waals surface area contributed by atoms with Gasteiger partial charge in [0.2, 0.25) is 0 Å². The molecule has 2 aromatic rings. The predicted octanol–water partition coefficient (Wildman–Crippen LogP) is 2.88. The zero-order chi connectivity index (χ0) is 17.6. The first-order chi connectivity index (χ1) is 12.2. The van der Waals surface area contributed by atoms with Gasteiger partial charge in [-0.3, -0.25) is 0 Å². The normalized spacial score (nSPS) is 13.2. The second kappa shape index (κ2) is 8.21. The van der Waals surface area contributed by atoms with Crippen molar-refractivity contribution in [2.75, 3.05) is 20.8 Å². The quantitative estimate of drug-likeness (QED) is 0.779. The molecule has 0 aliphatic heterocycles. The molecule has 0 saturated carbocycles. The highest BCUT2D eigenvalue weighted by Gasteiger charge is 2.21. The zero-order valence-electron chi connectivity index (χ0n) is 14.7. The van der Waals surface area contributed by atoms with Gasteiger partial charge in [0.15, 0.2) is 16.6 Å². The number of fused-ring (bicyclic) bond motifs is 1. The minimum Gasteiger partial charge on any atom is -0.493 e. The van der Waals surface area contributed by atoms with Crippen LogP contribution in [0.25, 0.3) is 0 Å². The number of hydrogen-bond acceptors (Lipinski definition) is 3. The van der Waals surface area contributed by atoms with Gasteiger partial charge in [0, 0.05) is 12.6 Å². The van der Waals surface area contributed by atoms with E-state index in [2.05, 4.69) is 34.9 Å². The van der Waals surface area contributed by atoms with Crippen molar-refractivity contribution in [1.29, 1.82) is 0 Å². The molecule has 0 radical (unpaired) electrons. The van der Waals surface area contributed by atoms with E-state index in [9.17, 15) is 0 Å². The van der Waals surface area contributed by atoms with Gasteiger partial charge in [-0.25, -0.2) is 0 Å². The summed E-state index contributed by atoms with van der Waals surface area (Å²) in [5, 5.41) is 7.45. The standard InChI is InChI=1S/C20H24N2O2S/c1-23-18-8-7-14(11-19(18)24-2)9-10-21-20(25)22-17-12-15-5-3-4-6-16(15)13-17/h3-8,11,17H,9-10,12-13H2,1-2H3,(H2,21,22,25). The predicted molar refractivity (Wildman–Crippen MR) is 105 cm³/mol. The van der Waals surface area contributed by atoms with Gasteiger partial charge in [-0.2, -0.15) is 0 Å². The number of rotatable bonds is 6. The fourth-order valence-electron chi connectivity index (χ4n) is 3.25. The first kappa shape index (κ1) is 17.5. The lowest BCUT2D eigenvalue weighted by molar-refractivity contribution is 0.354. The molecule has 0 heterocycles. The Hall–Kier alpha value is -2.27. The van der Waals surface area contributed by atoms with E-state index in [0.717, 1.165) is 42.4 Å². The largest absolute Gasteiger partial charge is 0.493 e. The Morgan fingerprint density at radius 1 is 1.04 bits per heavy atom. The number of thiocarbonyl (C=S) groups is 1. The second-order valence-electron chi connectivity index (χ2n) is 6.21. The lowest BCUT2D eigenvalue weighted by atomic mass is 10.1. The van der Waals surface area contributed by atoms with Gasteiger partial charge in [-0.1, -0.05) is 30.3 Å². The molecule has 0 amide bonds. The van der Waals surface area contributed by atoms with Crippen LogP contribution in [0.4, 0.5) is 0 Å². The van der Waals surface area contributed by atoms with Crippen LogP contribution in [0, 0.1) is 0 Å². The molecule has 132 valence electrons. The average molecular weight is 356 g/mol. The average Bonchev–Trinajstić information content (AvgIpc) is 3.03. The third kappa shape index (κ3) is 4.42. The molecule has 0 aromatic heterocycles. The Kier molecular flexibility index (Phi) is 5.76. The van der Waals surface area contributed by atoms with Gasteiger partial charge in [0.05, 0.1) is 14.2 Å². The molecule has 0 spiro atoms. The maximum Gasteiger partial charge on any atom is 0.166 e. The molecule has 5 heteroatoms. The van der Waals surface area contributed by atoms with E-state index in [-0.39, 0.29) is 0 Å². The summed E-state index contributed by atoms with van der Waals surface area (Å²) in [6.07, 6.45) is 2.94. The summed E-state index contributed by atoms with van der Waals surface area (Å²) in [6.45, 7) is 0.779. The van der Waals surface area contributed by atoms with Crippen LogP contribution in [0.5, 0.6) is 11.5 Å². The van der Waals surface area contributed by atoms with Gasteiger partial charge in [-0.15, -0.1) is 0 Å². The molecule has 0 bridgehead atoms. The molecule has 2 aromatic carbocycles. The van der Waals surface area contributed by atoms with E-state index in [1.165, 1.54) is 16.7 Å². The molecular formula is C20H24N2O2S. The highest BCUT2D eigenvalue weighted by molar-refractivity contribution is 7.80. The maximum atomic E-state index is 5.44. The summed E-state index contributed by atoms with van der Waals surface area (Å²) in [5.74, 6) is 1.50. The second-order valence-corrected chi connectivity index (χ2v) is 6.62. The molecule has 0 unspecified atom stereocenters. The maximum absolute atomic E-state index is 5.44. The van der Waals surface area contributed by atoms with Gasteiger partial charge in [0.25, 0.3) is 0 Å². The van der Waals surface area contributed by atoms with E-state index in [0.29, 0.717) is 6.04 Å². The molecule has 0 atom stereocenters. The number of ether oxygens (including phenoxy) is 2. The molecule has 1 aliphatic carbocycles. The minimum absolute atomic E-state index is 0.387. The summed E-state index contributed by atoms with van der Waals surface area (Å²) in [5.41, 5.74) is 4.03. The third-order valence-electron chi connectivity index (χ3n) is 4.53. The van der Waals surface area contributed by atoms with Crippen molar-refractivity contribution in [3.63, 3.8) is 0 Å². The van der Waals surface area contributed by atoms with Crippen LogP contribution >= 0.6 is 12.2 Å². The molecular weight excluding hydrogens is 332 g/mol. The molecule has 0 fully saturated rings. The molecule has 3 rings (SSSR count). The van der Waals surface area contributed by atoms with Crippen molar-refractivity contribution in [3.8, 4) is 11.5 Å². The fraction of sp³-hybridized carbons (Fsp3) is 0.350. The van der Waals surface area contributed by atoms with Crippen LogP contribution in [0.15, 0.2) is 42.5 Å². The topological polar surface area (TPSA) is 42.5 Å². The van der Waals surface area contributed by atoms with Gasteiger partial charge < -0.3 is 20.1 Å². The number of hydrogen-bond donors (Lipinski definition) is 2. The SMILES string of the molecule is COc1ccc(CCNC(=S)NC2Cc3ccccc3C2)cc1OC. The smallest absolute Gasteiger partial charge is 0.166 e. The molecule has 25 heavy (non-hydrogen) atoms. The first-order valence-corrected chi connectivity index (χ1v) is 8.92. The molecule has 1 aliphatic rings. The summed E-state index contributed by atoms with van der Waals surface area (Å²) in [7, 11) is 3.29. The Bertz CT molecular complexity index is 723. The fourth-order valence-corrected chi connectivity index (χ4v) is 3.52. The lowest BCUT2D eigenvalue weighted by Crippen LogP contribution is -2.42. The van der Waals surface area contributed by atoms with Crippen molar-refractivity contribution in [2.24, 2.45) is 0 Å². The summed E-state index contributed by atoms with van der Waals surface area (Å²) >= 11 is 5.44. The zero-order valence-corrected chi connectivity index (χ0v) is 15.5. The summed E-state index contributed by atoms with van der Waals surface area (Å²) in [6, 6.07) is 15.0. The molecule has 4 nitrogen and oxygen atoms in total.